The van der Waals surface area contributed by atoms with Crippen molar-refractivity contribution in [1.82, 2.24) is 15.0 Å². The number of nitrogens with zero attached hydrogens (tertiary/aromatic N) is 3. The van der Waals surface area contributed by atoms with Crippen LogP contribution >= 0.6 is 0 Å². The van der Waals surface area contributed by atoms with Gasteiger partial charge >= 0.3 is 5.97 Å². The summed E-state index contributed by atoms with van der Waals surface area (Å²) in [5.74, 6) is -1.15. The SMILES string of the molecule is CCOC(=O)CC(C1O[C@@H]2OC(C)(C)O[C@@H]2[C@H]1OCc1ccccc1)n1cc(Cc2ccccc2)nn1. The molecule has 0 amide bonds. The van der Waals surface area contributed by atoms with Crippen molar-refractivity contribution in [3.63, 3.8) is 0 Å². The van der Waals surface area contributed by atoms with E-state index < -0.39 is 36.4 Å². The summed E-state index contributed by atoms with van der Waals surface area (Å²) < 4.78 is 32.0. The molecule has 3 heterocycles. The zero-order valence-corrected chi connectivity index (χ0v) is 21.4. The highest BCUT2D eigenvalue weighted by atomic mass is 16.8. The Kier molecular flexibility index (Phi) is 7.66. The molecule has 0 N–H and O–H groups in total. The number of carbonyl (C=O) groups excluding carboxylic acids is 1. The number of aromatic nitrogens is 3. The van der Waals surface area contributed by atoms with Gasteiger partial charge in [0.05, 0.1) is 31.4 Å². The van der Waals surface area contributed by atoms with Crippen molar-refractivity contribution in [3.05, 3.63) is 83.7 Å². The number of hydrogen-bond acceptors (Lipinski definition) is 8. The Balaban J connectivity index is 1.41. The molecular weight excluding hydrogens is 474 g/mol. The molecule has 2 fully saturated rings. The molecule has 37 heavy (non-hydrogen) atoms. The van der Waals surface area contributed by atoms with E-state index in [0.29, 0.717) is 13.0 Å². The van der Waals surface area contributed by atoms with Gasteiger partial charge in [-0.1, -0.05) is 65.9 Å². The van der Waals surface area contributed by atoms with Crippen LogP contribution in [0.25, 0.3) is 0 Å². The van der Waals surface area contributed by atoms with Crippen LogP contribution in [0.2, 0.25) is 0 Å². The molecule has 1 aromatic heterocycles. The van der Waals surface area contributed by atoms with Crippen molar-refractivity contribution in [3.8, 4) is 0 Å². The fourth-order valence-electron chi connectivity index (χ4n) is 4.88. The van der Waals surface area contributed by atoms with E-state index in [1.807, 2.05) is 80.7 Å². The third-order valence-electron chi connectivity index (χ3n) is 6.50. The molecule has 5 rings (SSSR count). The molecule has 2 aliphatic heterocycles. The van der Waals surface area contributed by atoms with Gasteiger partial charge in [0.2, 0.25) is 0 Å². The van der Waals surface area contributed by atoms with Gasteiger partial charge < -0.3 is 23.7 Å². The van der Waals surface area contributed by atoms with Gasteiger partial charge in [0.15, 0.2) is 12.1 Å². The lowest BCUT2D eigenvalue weighted by molar-refractivity contribution is -0.225. The molecule has 3 aromatic rings. The van der Waals surface area contributed by atoms with Crippen molar-refractivity contribution in [2.24, 2.45) is 0 Å². The lowest BCUT2D eigenvalue weighted by Gasteiger charge is -2.30. The average Bonchev–Trinajstić information content (AvgIpc) is 3.55. The maximum absolute atomic E-state index is 12.7. The highest BCUT2D eigenvalue weighted by Gasteiger charge is 2.57. The van der Waals surface area contributed by atoms with Gasteiger partial charge in [-0.2, -0.15) is 0 Å². The van der Waals surface area contributed by atoms with E-state index in [9.17, 15) is 4.79 Å². The summed E-state index contributed by atoms with van der Waals surface area (Å²) in [7, 11) is 0. The fourth-order valence-corrected chi connectivity index (χ4v) is 4.88. The molecule has 2 saturated heterocycles. The Hall–Kier alpha value is -3.11. The van der Waals surface area contributed by atoms with Crippen LogP contribution in [0.1, 0.15) is 50.1 Å². The standard InChI is InChI=1S/C28H33N3O6/c1-4-33-23(32)16-22(31-17-21(29-30-31)15-19-11-7-5-8-12-19)24-25(34-18-20-13-9-6-10-14-20)26-27(35-24)37-28(2,3)36-26/h5-14,17,22,24-27H,4,15-16,18H2,1-3H3/t22?,24?,25-,26+,27+/m0/s1. The smallest absolute Gasteiger partial charge is 0.308 e. The monoisotopic (exact) mass is 507 g/mol. The zero-order chi connectivity index (χ0) is 25.8. The van der Waals surface area contributed by atoms with E-state index in [4.69, 9.17) is 23.7 Å². The van der Waals surface area contributed by atoms with Crippen LogP contribution in [0.4, 0.5) is 0 Å². The summed E-state index contributed by atoms with van der Waals surface area (Å²) in [5.41, 5.74) is 2.93. The van der Waals surface area contributed by atoms with Gasteiger partial charge in [-0.3, -0.25) is 4.79 Å². The number of carbonyl (C=O) groups is 1. The molecule has 2 unspecified atom stereocenters. The molecular formula is C28H33N3O6. The fraction of sp³-hybridized carbons (Fsp3) is 0.464. The van der Waals surface area contributed by atoms with Gasteiger partial charge in [-0.05, 0) is 31.9 Å². The zero-order valence-electron chi connectivity index (χ0n) is 21.4. The molecule has 196 valence electrons. The van der Waals surface area contributed by atoms with Gasteiger partial charge in [-0.25, -0.2) is 4.68 Å². The van der Waals surface area contributed by atoms with E-state index in [2.05, 4.69) is 10.3 Å². The minimum atomic E-state index is -0.804. The van der Waals surface area contributed by atoms with Crippen molar-refractivity contribution >= 4 is 5.97 Å². The molecule has 0 saturated carbocycles. The number of hydrogen-bond donors (Lipinski definition) is 0. The number of benzene rings is 2. The maximum atomic E-state index is 12.7. The summed E-state index contributed by atoms with van der Waals surface area (Å²) in [4.78, 5) is 12.7. The van der Waals surface area contributed by atoms with Gasteiger partial charge in [0.1, 0.15) is 18.3 Å². The second kappa shape index (κ2) is 11.1. The number of fused-ring (bicyclic) bond motifs is 1. The Morgan fingerprint density at radius 3 is 2.46 bits per heavy atom. The summed E-state index contributed by atoms with van der Waals surface area (Å²) in [6.45, 7) is 6.13. The second-order valence-corrected chi connectivity index (χ2v) is 9.76. The van der Waals surface area contributed by atoms with E-state index in [1.165, 1.54) is 0 Å². The molecule has 5 atom stereocenters. The molecule has 9 heteroatoms. The van der Waals surface area contributed by atoms with Crippen molar-refractivity contribution < 1.29 is 28.5 Å². The van der Waals surface area contributed by atoms with E-state index in [-0.39, 0.29) is 19.0 Å². The summed E-state index contributed by atoms with van der Waals surface area (Å²) >= 11 is 0. The lowest BCUT2D eigenvalue weighted by Crippen LogP contribution is -2.42. The average molecular weight is 508 g/mol. The first kappa shape index (κ1) is 25.5. The number of ether oxygens (including phenoxy) is 5. The van der Waals surface area contributed by atoms with E-state index in [1.54, 1.807) is 11.6 Å². The van der Waals surface area contributed by atoms with Crippen LogP contribution in [-0.4, -0.2) is 58.0 Å². The van der Waals surface area contributed by atoms with Crippen LogP contribution in [0.15, 0.2) is 66.9 Å². The minimum absolute atomic E-state index is 0.0423. The molecule has 0 aliphatic carbocycles. The predicted octanol–water partition coefficient (Wildman–Crippen LogP) is 3.83. The van der Waals surface area contributed by atoms with E-state index >= 15 is 0 Å². The number of esters is 1. The molecule has 9 nitrogen and oxygen atoms in total. The largest absolute Gasteiger partial charge is 0.466 e. The highest BCUT2D eigenvalue weighted by molar-refractivity contribution is 5.70. The van der Waals surface area contributed by atoms with E-state index in [0.717, 1.165) is 16.8 Å². The topological polar surface area (TPSA) is 93.9 Å². The third kappa shape index (κ3) is 6.07. The maximum Gasteiger partial charge on any atom is 0.308 e. The first-order chi connectivity index (χ1) is 17.9. The molecule has 2 aromatic carbocycles. The van der Waals surface area contributed by atoms with Crippen molar-refractivity contribution in [2.45, 2.75) is 76.7 Å². The molecule has 0 spiro atoms. The van der Waals surface area contributed by atoms with Crippen LogP contribution in [0.5, 0.6) is 0 Å². The molecule has 0 bridgehead atoms. The lowest BCUT2D eigenvalue weighted by atomic mass is 10.0. The Morgan fingerprint density at radius 1 is 1.05 bits per heavy atom. The van der Waals surface area contributed by atoms with Crippen molar-refractivity contribution in [1.29, 1.82) is 0 Å². The van der Waals surface area contributed by atoms with Crippen LogP contribution in [0, 0.1) is 0 Å². The van der Waals surface area contributed by atoms with Gasteiger partial charge in [-0.15, -0.1) is 5.10 Å². The van der Waals surface area contributed by atoms with Crippen LogP contribution in [-0.2, 0) is 41.5 Å². The summed E-state index contributed by atoms with van der Waals surface area (Å²) in [6, 6.07) is 19.4. The van der Waals surface area contributed by atoms with Crippen LogP contribution in [0.3, 0.4) is 0 Å². The normalized spacial score (nSPS) is 25.1. The second-order valence-electron chi connectivity index (χ2n) is 9.76. The third-order valence-corrected chi connectivity index (χ3v) is 6.50. The molecule has 0 radical (unpaired) electrons. The summed E-state index contributed by atoms with van der Waals surface area (Å²) in [6.07, 6.45) is 0.352. The Morgan fingerprint density at radius 2 is 1.76 bits per heavy atom. The molecule has 2 aliphatic rings. The predicted molar refractivity (Wildman–Crippen MR) is 133 cm³/mol. The van der Waals surface area contributed by atoms with Gasteiger partial charge in [0, 0.05) is 12.6 Å². The first-order valence-corrected chi connectivity index (χ1v) is 12.7. The highest BCUT2D eigenvalue weighted by Crippen LogP contribution is 2.42. The van der Waals surface area contributed by atoms with Gasteiger partial charge in [0.25, 0.3) is 0 Å². The first-order valence-electron chi connectivity index (χ1n) is 12.7. The minimum Gasteiger partial charge on any atom is -0.466 e. The number of rotatable bonds is 10. The van der Waals surface area contributed by atoms with Crippen molar-refractivity contribution in [2.75, 3.05) is 6.61 Å². The Bertz CT molecular complexity index is 1170. The summed E-state index contributed by atoms with van der Waals surface area (Å²) in [5, 5.41) is 8.76. The Labute approximate surface area is 216 Å². The van der Waals surface area contributed by atoms with Crippen LogP contribution < -0.4 is 0 Å². The quantitative estimate of drug-likeness (QED) is 0.382.